The molecule has 2 aliphatic heterocycles. The summed E-state index contributed by atoms with van der Waals surface area (Å²) in [5.74, 6) is 2.12. The molecule has 1 atom stereocenters. The molecule has 1 aromatic carbocycles. The molecule has 4 heterocycles. The van der Waals surface area contributed by atoms with Gasteiger partial charge in [-0.05, 0) is 88.9 Å². The normalized spacial score (nSPS) is 20.1. The molecule has 1 aliphatic carbocycles. The Morgan fingerprint density at radius 1 is 1.07 bits per heavy atom. The van der Waals surface area contributed by atoms with Gasteiger partial charge in [-0.25, -0.2) is 4.68 Å². The Morgan fingerprint density at radius 2 is 1.90 bits per heavy atom. The molecule has 3 aliphatic rings. The van der Waals surface area contributed by atoms with E-state index in [1.165, 1.54) is 12.8 Å². The van der Waals surface area contributed by atoms with E-state index < -0.39 is 0 Å². The fraction of sp³-hybridized carbons (Fsp3) is 0.484. The summed E-state index contributed by atoms with van der Waals surface area (Å²) in [5, 5.41) is 7.89. The number of pyridine rings is 1. The van der Waals surface area contributed by atoms with Gasteiger partial charge in [0.2, 0.25) is 11.8 Å². The second kappa shape index (κ2) is 11.2. The average Bonchev–Trinajstić information content (AvgIpc) is 3.65. The second-order valence-corrected chi connectivity index (χ2v) is 11.9. The second-order valence-electron chi connectivity index (χ2n) is 11.9. The van der Waals surface area contributed by atoms with Crippen LogP contribution in [-0.2, 0) is 7.05 Å². The molecule has 216 valence electrons. The van der Waals surface area contributed by atoms with Crippen LogP contribution in [0.5, 0.6) is 5.88 Å². The number of anilines is 3. The van der Waals surface area contributed by atoms with Gasteiger partial charge in [0, 0.05) is 50.7 Å². The topological polar surface area (TPSA) is 91.1 Å². The van der Waals surface area contributed by atoms with Gasteiger partial charge in [0.15, 0.2) is 0 Å². The number of likely N-dealkylation sites (N-methyl/N-ethyl adjacent to an activating group) is 2. The van der Waals surface area contributed by atoms with Gasteiger partial charge in [0.25, 0.3) is 5.91 Å². The number of nitrogens with zero attached hydrogens (tertiary/aromatic N) is 7. The van der Waals surface area contributed by atoms with Gasteiger partial charge in [0.05, 0.1) is 35.4 Å². The number of carbonyl (C=O) groups is 1. The van der Waals surface area contributed by atoms with E-state index in [9.17, 15) is 4.79 Å². The van der Waals surface area contributed by atoms with Gasteiger partial charge in [-0.2, -0.15) is 10.1 Å². The monoisotopic (exact) mass is 556 g/mol. The van der Waals surface area contributed by atoms with Crippen LogP contribution in [0, 0.1) is 18.8 Å². The molecule has 1 fully saturated rings. The Kier molecular flexibility index (Phi) is 7.42. The lowest BCUT2D eigenvalue weighted by atomic mass is 9.97. The Bertz CT molecular complexity index is 1470. The largest absolute Gasteiger partial charge is 0.477 e. The van der Waals surface area contributed by atoms with E-state index in [0.717, 1.165) is 60.8 Å². The van der Waals surface area contributed by atoms with Gasteiger partial charge in [0.1, 0.15) is 0 Å². The van der Waals surface area contributed by atoms with Crippen molar-refractivity contribution in [3.63, 3.8) is 0 Å². The summed E-state index contributed by atoms with van der Waals surface area (Å²) in [6.45, 7) is 5.19. The summed E-state index contributed by atoms with van der Waals surface area (Å²) in [6, 6.07) is 10.1. The van der Waals surface area contributed by atoms with E-state index in [2.05, 4.69) is 69.4 Å². The third kappa shape index (κ3) is 5.79. The Labute approximate surface area is 242 Å². The zero-order valence-electron chi connectivity index (χ0n) is 24.7. The van der Waals surface area contributed by atoms with Crippen LogP contribution in [0.2, 0.25) is 0 Å². The maximum absolute atomic E-state index is 13.7. The lowest BCUT2D eigenvalue weighted by Crippen LogP contribution is -2.36. The fourth-order valence-corrected chi connectivity index (χ4v) is 5.80. The molecule has 41 heavy (non-hydrogen) atoms. The minimum atomic E-state index is -0.301. The van der Waals surface area contributed by atoms with Crippen molar-refractivity contribution < 1.29 is 9.53 Å². The van der Waals surface area contributed by atoms with Gasteiger partial charge in [-0.15, -0.1) is 0 Å². The molecule has 2 bridgehead atoms. The molecule has 2 aromatic heterocycles. The van der Waals surface area contributed by atoms with Gasteiger partial charge in [-0.1, -0.05) is 0 Å². The van der Waals surface area contributed by atoms with Gasteiger partial charge >= 0.3 is 0 Å². The maximum Gasteiger partial charge on any atom is 0.280 e. The van der Waals surface area contributed by atoms with Crippen LogP contribution in [0.3, 0.4) is 0 Å². The number of aliphatic imine (C=N–C) groups is 1. The van der Waals surface area contributed by atoms with Crippen molar-refractivity contribution in [3.8, 4) is 17.1 Å². The average molecular weight is 557 g/mol. The van der Waals surface area contributed by atoms with Crippen molar-refractivity contribution in [2.45, 2.75) is 32.6 Å². The zero-order valence-corrected chi connectivity index (χ0v) is 24.7. The molecular formula is C31H40N8O2. The van der Waals surface area contributed by atoms with E-state index in [1.807, 2.05) is 14.0 Å². The smallest absolute Gasteiger partial charge is 0.280 e. The number of hydrogen-bond donors (Lipinski definition) is 1. The number of fused-ring (bicyclic) bond motifs is 7. The van der Waals surface area contributed by atoms with Crippen molar-refractivity contribution in [2.24, 2.45) is 23.9 Å². The van der Waals surface area contributed by atoms with Crippen LogP contribution >= 0.6 is 0 Å². The van der Waals surface area contributed by atoms with Gasteiger partial charge in [-0.3, -0.25) is 9.78 Å². The van der Waals surface area contributed by atoms with Crippen LogP contribution in [0.15, 0.2) is 41.5 Å². The number of nitrogens with one attached hydrogen (secondary N) is 1. The first-order valence-corrected chi connectivity index (χ1v) is 14.6. The molecule has 10 heteroatoms. The summed E-state index contributed by atoms with van der Waals surface area (Å²) < 4.78 is 8.02. The van der Waals surface area contributed by atoms with E-state index in [0.29, 0.717) is 41.5 Å². The molecule has 10 nitrogen and oxygen atoms in total. The molecule has 3 aromatic rings. The molecule has 1 N–H and O–H groups in total. The number of amides is 1. The predicted molar refractivity (Wildman–Crippen MR) is 163 cm³/mol. The minimum absolute atomic E-state index is 0.301. The summed E-state index contributed by atoms with van der Waals surface area (Å²) >= 11 is 0. The molecule has 0 spiro atoms. The molecule has 1 unspecified atom stereocenters. The molecule has 6 rings (SSSR count). The van der Waals surface area contributed by atoms with Crippen LogP contribution in [0.4, 0.5) is 17.1 Å². The fourth-order valence-electron chi connectivity index (χ4n) is 5.80. The highest BCUT2D eigenvalue weighted by molar-refractivity contribution is 6.19. The molecular weight excluding hydrogens is 516 g/mol. The van der Waals surface area contributed by atoms with E-state index >= 15 is 0 Å². The van der Waals surface area contributed by atoms with Crippen LogP contribution < -0.4 is 19.9 Å². The van der Waals surface area contributed by atoms with Crippen molar-refractivity contribution >= 4 is 28.9 Å². The quantitative estimate of drug-likeness (QED) is 0.494. The number of ether oxygens (including phenoxy) is 1. The highest BCUT2D eigenvalue weighted by Gasteiger charge is 2.36. The number of carbonyl (C=O) groups excluding carboxylic acids is 1. The third-order valence-corrected chi connectivity index (χ3v) is 8.33. The maximum atomic E-state index is 13.7. The molecule has 1 saturated carbocycles. The van der Waals surface area contributed by atoms with Crippen molar-refractivity contribution in [2.75, 3.05) is 62.5 Å². The van der Waals surface area contributed by atoms with E-state index in [1.54, 1.807) is 23.0 Å². The summed E-state index contributed by atoms with van der Waals surface area (Å²) in [7, 11) is 8.18. The summed E-state index contributed by atoms with van der Waals surface area (Å²) in [6.07, 6.45) is 6.23. The highest BCUT2D eigenvalue weighted by atomic mass is 16.5. The highest BCUT2D eigenvalue weighted by Crippen LogP contribution is 2.43. The third-order valence-electron chi connectivity index (χ3n) is 8.33. The van der Waals surface area contributed by atoms with Gasteiger partial charge < -0.3 is 24.8 Å². The lowest BCUT2D eigenvalue weighted by Gasteiger charge is -2.27. The zero-order chi connectivity index (χ0) is 28.7. The first-order chi connectivity index (χ1) is 19.8. The first-order valence-electron chi connectivity index (χ1n) is 14.6. The van der Waals surface area contributed by atoms with Crippen LogP contribution in [0.25, 0.3) is 11.3 Å². The van der Waals surface area contributed by atoms with Crippen molar-refractivity contribution in [1.82, 2.24) is 19.7 Å². The van der Waals surface area contributed by atoms with Crippen molar-refractivity contribution in [3.05, 3.63) is 47.8 Å². The standard InChI is InChI=1S/C31H40N8O2/c1-20-15-23-16-27(33-20)25-18-32-38(5)30(25)41-14-6-7-22(21-8-9-21)19-39-28-17-24(37(4)13-12-36(2)3)10-11-26(28)34-31(39)35-29(23)40/h10-11,15-18,21-22H,6-9,12-14,19H2,1-5H3,(H,34,35,40). The Hall–Kier alpha value is -3.92. The summed E-state index contributed by atoms with van der Waals surface area (Å²) in [4.78, 5) is 29.8. The first kappa shape index (κ1) is 27.3. The number of guanidine groups is 1. The number of aryl methyl sites for hydroxylation is 2. The van der Waals surface area contributed by atoms with E-state index in [4.69, 9.17) is 9.72 Å². The minimum Gasteiger partial charge on any atom is -0.477 e. The molecule has 0 radical (unpaired) electrons. The van der Waals surface area contributed by atoms with Crippen molar-refractivity contribution in [1.29, 1.82) is 0 Å². The predicted octanol–water partition coefficient (Wildman–Crippen LogP) is 4.42. The number of benzene rings is 1. The Balaban J connectivity index is 1.39. The lowest BCUT2D eigenvalue weighted by molar-refractivity contribution is 0.100. The number of aromatic nitrogens is 3. The van der Waals surface area contributed by atoms with E-state index in [-0.39, 0.29) is 5.91 Å². The molecule has 0 saturated heterocycles. The van der Waals surface area contributed by atoms with Crippen LogP contribution in [0.1, 0.15) is 41.7 Å². The number of hydrogen-bond acceptors (Lipinski definition) is 8. The SMILES string of the molecule is Cc1cc2cc(n1)-c1cnn(C)c1OCCCC(C1CC1)CN1/C(=N/C2=O)Nc2ccc(N(C)CCN(C)C)cc21. The summed E-state index contributed by atoms with van der Waals surface area (Å²) in [5.41, 5.74) is 5.87. The Morgan fingerprint density at radius 3 is 2.68 bits per heavy atom. The molecule has 1 amide bonds. The van der Waals surface area contributed by atoms with Crippen LogP contribution in [-0.4, -0.2) is 78.9 Å². The number of rotatable bonds is 5.